The van der Waals surface area contributed by atoms with E-state index in [2.05, 4.69) is 39.4 Å². The topological polar surface area (TPSA) is 104 Å². The summed E-state index contributed by atoms with van der Waals surface area (Å²) in [5.41, 5.74) is 1.05. The lowest BCUT2D eigenvalue weighted by atomic mass is 9.92. The molecule has 2 aromatic heterocycles. The zero-order valence-corrected chi connectivity index (χ0v) is 23.5. The van der Waals surface area contributed by atoms with Crippen LogP contribution < -0.4 is 15.4 Å². The molecular formula is C29H38N4O4S. The van der Waals surface area contributed by atoms with Crippen LogP contribution in [-0.2, 0) is 0 Å². The van der Waals surface area contributed by atoms with E-state index in [0.717, 1.165) is 56.5 Å². The predicted octanol–water partition coefficient (Wildman–Crippen LogP) is 4.87. The summed E-state index contributed by atoms with van der Waals surface area (Å²) in [6, 6.07) is 5.65. The van der Waals surface area contributed by atoms with E-state index in [1.165, 1.54) is 11.3 Å². The van der Waals surface area contributed by atoms with Gasteiger partial charge in [-0.05, 0) is 91.6 Å². The summed E-state index contributed by atoms with van der Waals surface area (Å²) in [6.45, 7) is 8.07. The standard InChI is InChI=1S/C29H38N4O4S/c1-29(2,3)13-9-23-18-24(26(38-23)28(35)36)31-20-5-7-22(8-6-20)37-25-17-19(10-14-30-25)27(34)32-21-11-15-33(4)16-12-21/h10,14,17-18,20-22,31H,5-8,11-12,15-16H2,1-4H3,(H,32,34)(H,35,36)/t20-,22-. The smallest absolute Gasteiger partial charge is 0.348 e. The Labute approximate surface area is 229 Å². The number of carboxylic acid groups (broad SMARTS) is 1. The van der Waals surface area contributed by atoms with Gasteiger partial charge in [-0.15, -0.1) is 11.3 Å². The fourth-order valence-electron chi connectivity index (χ4n) is 4.72. The van der Waals surface area contributed by atoms with Gasteiger partial charge in [0.05, 0.1) is 10.6 Å². The van der Waals surface area contributed by atoms with Gasteiger partial charge in [-0.3, -0.25) is 4.79 Å². The van der Waals surface area contributed by atoms with Gasteiger partial charge in [0.1, 0.15) is 11.0 Å². The van der Waals surface area contributed by atoms with E-state index in [1.54, 1.807) is 18.3 Å². The zero-order valence-electron chi connectivity index (χ0n) is 22.7. The average molecular weight is 539 g/mol. The minimum Gasteiger partial charge on any atom is -0.477 e. The van der Waals surface area contributed by atoms with Gasteiger partial charge in [0, 0.05) is 35.3 Å². The Morgan fingerprint density at radius 2 is 1.82 bits per heavy atom. The number of ether oxygens (including phenoxy) is 1. The van der Waals surface area contributed by atoms with Crippen molar-refractivity contribution in [1.82, 2.24) is 15.2 Å². The second-order valence-corrected chi connectivity index (χ2v) is 12.4. The Morgan fingerprint density at radius 3 is 2.47 bits per heavy atom. The SMILES string of the molecule is CN1CCC(NC(=O)c2ccnc(O[C@H]3CC[C@H](Nc4cc(C#CC(C)(C)C)sc4C(=O)O)CC3)c2)CC1. The van der Waals surface area contributed by atoms with Crippen molar-refractivity contribution in [3.05, 3.63) is 39.7 Å². The van der Waals surface area contributed by atoms with Gasteiger partial charge in [0.2, 0.25) is 5.88 Å². The number of nitrogens with one attached hydrogen (secondary N) is 2. The van der Waals surface area contributed by atoms with Crippen LogP contribution in [0, 0.1) is 17.3 Å². The number of thiophene rings is 1. The molecule has 3 heterocycles. The third-order valence-electron chi connectivity index (χ3n) is 6.86. The number of likely N-dealkylation sites (tertiary alicyclic amines) is 1. The first-order valence-corrected chi connectivity index (χ1v) is 14.2. The Hall–Kier alpha value is -3.09. The fraction of sp³-hybridized carbons (Fsp3) is 0.552. The Morgan fingerprint density at radius 1 is 1.11 bits per heavy atom. The number of carbonyl (C=O) groups is 2. The molecule has 2 aliphatic rings. The molecule has 1 aliphatic heterocycles. The van der Waals surface area contributed by atoms with Crippen LogP contribution in [0.4, 0.5) is 5.69 Å². The van der Waals surface area contributed by atoms with Crippen LogP contribution in [0.5, 0.6) is 5.88 Å². The van der Waals surface area contributed by atoms with Crippen LogP contribution in [0.2, 0.25) is 0 Å². The minimum atomic E-state index is -0.941. The van der Waals surface area contributed by atoms with Crippen molar-refractivity contribution in [3.8, 4) is 17.7 Å². The number of carbonyl (C=O) groups excluding carboxylic acids is 1. The highest BCUT2D eigenvalue weighted by Gasteiger charge is 2.26. The zero-order chi connectivity index (χ0) is 27.3. The number of piperidine rings is 1. The summed E-state index contributed by atoms with van der Waals surface area (Å²) < 4.78 is 6.14. The fourth-order valence-corrected chi connectivity index (χ4v) is 5.53. The van der Waals surface area contributed by atoms with Crippen LogP contribution in [0.15, 0.2) is 24.4 Å². The summed E-state index contributed by atoms with van der Waals surface area (Å²) in [6.07, 6.45) is 6.86. The number of hydrogen-bond acceptors (Lipinski definition) is 7. The number of rotatable bonds is 7. The summed E-state index contributed by atoms with van der Waals surface area (Å²) in [5.74, 6) is 5.73. The van der Waals surface area contributed by atoms with E-state index < -0.39 is 5.97 Å². The molecule has 0 spiro atoms. The number of pyridine rings is 1. The molecular weight excluding hydrogens is 500 g/mol. The molecule has 8 nitrogen and oxygen atoms in total. The second-order valence-electron chi connectivity index (χ2n) is 11.3. The van der Waals surface area contributed by atoms with E-state index in [1.807, 2.05) is 26.8 Å². The first kappa shape index (κ1) is 27.9. The van der Waals surface area contributed by atoms with Crippen LogP contribution in [0.3, 0.4) is 0 Å². The van der Waals surface area contributed by atoms with Crippen molar-refractivity contribution < 1.29 is 19.4 Å². The molecule has 1 aliphatic carbocycles. The van der Waals surface area contributed by atoms with Crippen molar-refractivity contribution in [3.63, 3.8) is 0 Å². The first-order chi connectivity index (χ1) is 18.1. The third kappa shape index (κ3) is 7.95. The molecule has 0 radical (unpaired) electrons. The maximum Gasteiger partial charge on any atom is 0.348 e. The normalized spacial score (nSPS) is 20.7. The van der Waals surface area contributed by atoms with Crippen molar-refractivity contribution in [1.29, 1.82) is 0 Å². The molecule has 2 fully saturated rings. The highest BCUT2D eigenvalue weighted by Crippen LogP contribution is 2.31. The molecule has 0 bridgehead atoms. The van der Waals surface area contributed by atoms with Gasteiger partial charge < -0.3 is 25.4 Å². The first-order valence-electron chi connectivity index (χ1n) is 13.3. The molecule has 4 rings (SSSR count). The van der Waals surface area contributed by atoms with E-state index in [9.17, 15) is 14.7 Å². The average Bonchev–Trinajstić information content (AvgIpc) is 3.28. The monoisotopic (exact) mass is 538 g/mol. The lowest BCUT2D eigenvalue weighted by molar-refractivity contribution is 0.0702. The molecule has 0 aromatic carbocycles. The van der Waals surface area contributed by atoms with E-state index in [0.29, 0.717) is 22.0 Å². The van der Waals surface area contributed by atoms with Crippen molar-refractivity contribution >= 4 is 28.9 Å². The number of aromatic carboxylic acids is 1. The molecule has 0 atom stereocenters. The summed E-state index contributed by atoms with van der Waals surface area (Å²) in [4.78, 5) is 32.2. The van der Waals surface area contributed by atoms with Gasteiger partial charge in [-0.25, -0.2) is 9.78 Å². The van der Waals surface area contributed by atoms with Crippen molar-refractivity contribution in [2.75, 3.05) is 25.5 Å². The summed E-state index contributed by atoms with van der Waals surface area (Å²) in [5, 5.41) is 16.2. The van der Waals surface area contributed by atoms with E-state index in [4.69, 9.17) is 4.74 Å². The number of hydrogen-bond donors (Lipinski definition) is 3. The Balaban J connectivity index is 1.30. The van der Waals surface area contributed by atoms with E-state index in [-0.39, 0.29) is 29.5 Å². The summed E-state index contributed by atoms with van der Waals surface area (Å²) in [7, 11) is 2.10. The lowest BCUT2D eigenvalue weighted by Gasteiger charge is -2.30. The largest absolute Gasteiger partial charge is 0.477 e. The van der Waals surface area contributed by atoms with E-state index >= 15 is 0 Å². The Kier molecular flexibility index (Phi) is 8.95. The second kappa shape index (κ2) is 12.2. The molecule has 1 saturated carbocycles. The molecule has 0 unspecified atom stereocenters. The molecule has 3 N–H and O–H groups in total. The highest BCUT2D eigenvalue weighted by atomic mass is 32.1. The number of aromatic nitrogens is 1. The molecule has 1 amide bonds. The van der Waals surface area contributed by atoms with Gasteiger partial charge in [-0.2, -0.15) is 0 Å². The molecule has 38 heavy (non-hydrogen) atoms. The summed E-state index contributed by atoms with van der Waals surface area (Å²) >= 11 is 1.21. The van der Waals surface area contributed by atoms with Gasteiger partial charge >= 0.3 is 5.97 Å². The molecule has 204 valence electrons. The predicted molar refractivity (Wildman–Crippen MR) is 150 cm³/mol. The van der Waals surface area contributed by atoms with Crippen LogP contribution in [0.25, 0.3) is 0 Å². The highest BCUT2D eigenvalue weighted by molar-refractivity contribution is 7.15. The van der Waals surface area contributed by atoms with Gasteiger partial charge in [0.15, 0.2) is 0 Å². The minimum absolute atomic E-state index is 0.00220. The Bertz CT molecular complexity index is 1190. The molecule has 1 saturated heterocycles. The maximum atomic E-state index is 12.8. The van der Waals surface area contributed by atoms with Crippen LogP contribution in [-0.4, -0.2) is 65.2 Å². The van der Waals surface area contributed by atoms with Crippen LogP contribution >= 0.6 is 11.3 Å². The molecule has 9 heteroatoms. The lowest BCUT2D eigenvalue weighted by Crippen LogP contribution is -2.43. The van der Waals surface area contributed by atoms with Crippen molar-refractivity contribution in [2.24, 2.45) is 5.41 Å². The number of nitrogens with zero attached hydrogens (tertiary/aromatic N) is 2. The van der Waals surface area contributed by atoms with Gasteiger partial charge in [-0.1, -0.05) is 11.8 Å². The molecule has 2 aromatic rings. The van der Waals surface area contributed by atoms with Crippen molar-refractivity contribution in [2.45, 2.75) is 77.5 Å². The number of carboxylic acids is 1. The van der Waals surface area contributed by atoms with Gasteiger partial charge in [0.25, 0.3) is 5.91 Å². The quantitative estimate of drug-likeness (QED) is 0.432. The number of anilines is 1. The van der Waals surface area contributed by atoms with Crippen LogP contribution in [0.1, 0.15) is 84.2 Å². The number of amides is 1. The maximum absolute atomic E-state index is 12.8. The third-order valence-corrected chi connectivity index (χ3v) is 7.90.